The zero-order valence-electron chi connectivity index (χ0n) is 11.5. The van der Waals surface area contributed by atoms with Gasteiger partial charge in [0.25, 0.3) is 0 Å². The van der Waals surface area contributed by atoms with Crippen molar-refractivity contribution < 1.29 is 4.39 Å². The fourth-order valence-corrected chi connectivity index (χ4v) is 1.90. The van der Waals surface area contributed by atoms with E-state index in [4.69, 9.17) is 0 Å². The Bertz CT molecular complexity index is 722. The van der Waals surface area contributed by atoms with E-state index in [0.717, 1.165) is 11.3 Å². The van der Waals surface area contributed by atoms with E-state index in [9.17, 15) is 4.39 Å². The van der Waals surface area contributed by atoms with Gasteiger partial charge in [0.1, 0.15) is 18.5 Å². The summed E-state index contributed by atoms with van der Waals surface area (Å²) in [5.74, 6) is 0.508. The van der Waals surface area contributed by atoms with E-state index in [1.165, 1.54) is 6.33 Å². The molecule has 0 aliphatic rings. The summed E-state index contributed by atoms with van der Waals surface area (Å²) in [6, 6.07) is 8.96. The van der Waals surface area contributed by atoms with E-state index < -0.39 is 0 Å². The van der Waals surface area contributed by atoms with Crippen LogP contribution < -0.4 is 5.32 Å². The summed E-state index contributed by atoms with van der Waals surface area (Å²) in [5.41, 5.74) is 2.40. The second-order valence-corrected chi connectivity index (χ2v) is 4.68. The number of benzene rings is 1. The quantitative estimate of drug-likeness (QED) is 0.800. The Labute approximate surface area is 121 Å². The van der Waals surface area contributed by atoms with Gasteiger partial charge < -0.3 is 5.32 Å². The van der Waals surface area contributed by atoms with Gasteiger partial charge in [0.2, 0.25) is 0 Å². The van der Waals surface area contributed by atoms with Gasteiger partial charge in [-0.25, -0.2) is 19.0 Å². The zero-order valence-corrected chi connectivity index (χ0v) is 11.5. The number of nitrogens with zero attached hydrogens (tertiary/aromatic N) is 4. The van der Waals surface area contributed by atoms with Crippen LogP contribution in [0.2, 0.25) is 0 Å². The lowest BCUT2D eigenvalue weighted by Crippen LogP contribution is -2.02. The molecule has 5 nitrogen and oxygen atoms in total. The summed E-state index contributed by atoms with van der Waals surface area (Å²) >= 11 is 0. The van der Waals surface area contributed by atoms with Crippen molar-refractivity contribution in [2.75, 3.05) is 5.32 Å². The topological polar surface area (TPSA) is 55.6 Å². The van der Waals surface area contributed by atoms with Gasteiger partial charge in [-0.2, -0.15) is 5.10 Å². The maximum atomic E-state index is 13.5. The van der Waals surface area contributed by atoms with Gasteiger partial charge >= 0.3 is 0 Å². The summed E-state index contributed by atoms with van der Waals surface area (Å²) in [4.78, 5) is 8.16. The highest BCUT2D eigenvalue weighted by molar-refractivity contribution is 5.44. The van der Waals surface area contributed by atoms with Crippen molar-refractivity contribution in [3.05, 3.63) is 66.1 Å². The highest BCUT2D eigenvalue weighted by atomic mass is 19.1. The van der Waals surface area contributed by atoms with Crippen molar-refractivity contribution in [2.45, 2.75) is 13.5 Å². The van der Waals surface area contributed by atoms with Crippen LogP contribution in [0.5, 0.6) is 0 Å². The van der Waals surface area contributed by atoms with Crippen LogP contribution in [0, 0.1) is 12.7 Å². The summed E-state index contributed by atoms with van der Waals surface area (Å²) in [6.45, 7) is 2.29. The SMILES string of the molecule is Cc1ccc(CNc2ccc(-n3cncn3)nc2)cc1F. The number of nitrogens with one attached hydrogen (secondary N) is 1. The standard InChI is InChI=1S/C15H14FN5/c1-11-2-3-12(6-14(11)16)7-18-13-4-5-15(19-8-13)21-10-17-9-20-21/h2-6,8-10,18H,7H2,1H3. The molecule has 0 saturated carbocycles. The van der Waals surface area contributed by atoms with E-state index in [0.29, 0.717) is 17.9 Å². The highest BCUT2D eigenvalue weighted by Gasteiger charge is 2.01. The first-order valence-corrected chi connectivity index (χ1v) is 6.52. The fourth-order valence-electron chi connectivity index (χ4n) is 1.90. The zero-order chi connectivity index (χ0) is 14.7. The first-order chi connectivity index (χ1) is 10.2. The van der Waals surface area contributed by atoms with Gasteiger partial charge in [-0.3, -0.25) is 0 Å². The number of rotatable bonds is 4. The average Bonchev–Trinajstić information content (AvgIpc) is 3.03. The van der Waals surface area contributed by atoms with E-state index in [1.807, 2.05) is 18.2 Å². The monoisotopic (exact) mass is 283 g/mol. The molecule has 0 spiro atoms. The average molecular weight is 283 g/mol. The largest absolute Gasteiger partial charge is 0.380 e. The van der Waals surface area contributed by atoms with Crippen LogP contribution in [-0.2, 0) is 6.54 Å². The Kier molecular flexibility index (Phi) is 3.59. The summed E-state index contributed by atoms with van der Waals surface area (Å²) in [7, 11) is 0. The molecule has 0 aliphatic carbocycles. The number of aryl methyl sites for hydroxylation is 1. The Morgan fingerprint density at radius 2 is 2.14 bits per heavy atom. The van der Waals surface area contributed by atoms with Gasteiger partial charge in [0.05, 0.1) is 11.9 Å². The number of hydrogen-bond donors (Lipinski definition) is 1. The summed E-state index contributed by atoms with van der Waals surface area (Å²) < 4.78 is 15.0. The van der Waals surface area contributed by atoms with E-state index in [1.54, 1.807) is 36.3 Å². The summed E-state index contributed by atoms with van der Waals surface area (Å²) in [5, 5.41) is 7.21. The molecule has 21 heavy (non-hydrogen) atoms. The second-order valence-electron chi connectivity index (χ2n) is 4.68. The molecule has 0 atom stereocenters. The molecule has 3 aromatic rings. The van der Waals surface area contributed by atoms with Crippen molar-refractivity contribution in [3.63, 3.8) is 0 Å². The minimum Gasteiger partial charge on any atom is -0.380 e. The molecule has 2 heterocycles. The predicted molar refractivity (Wildman–Crippen MR) is 77.6 cm³/mol. The number of pyridine rings is 1. The third kappa shape index (κ3) is 3.05. The van der Waals surface area contributed by atoms with Gasteiger partial charge in [0.15, 0.2) is 5.82 Å². The maximum absolute atomic E-state index is 13.5. The van der Waals surface area contributed by atoms with Crippen molar-refractivity contribution in [1.29, 1.82) is 0 Å². The molecule has 0 unspecified atom stereocenters. The van der Waals surface area contributed by atoms with E-state index in [2.05, 4.69) is 20.4 Å². The molecule has 1 aromatic carbocycles. The third-order valence-electron chi connectivity index (χ3n) is 3.13. The van der Waals surface area contributed by atoms with Crippen molar-refractivity contribution in [3.8, 4) is 5.82 Å². The maximum Gasteiger partial charge on any atom is 0.155 e. The lowest BCUT2D eigenvalue weighted by atomic mass is 10.1. The molecule has 1 N–H and O–H groups in total. The Morgan fingerprint density at radius 3 is 2.81 bits per heavy atom. The number of aromatic nitrogens is 4. The molecule has 0 aliphatic heterocycles. The van der Waals surface area contributed by atoms with Crippen molar-refractivity contribution in [2.24, 2.45) is 0 Å². The molecular formula is C15H14FN5. The molecule has 0 saturated heterocycles. The van der Waals surface area contributed by atoms with Crippen molar-refractivity contribution >= 4 is 5.69 Å². The normalized spacial score (nSPS) is 10.6. The Balaban J connectivity index is 1.66. The molecule has 0 bridgehead atoms. The van der Waals surface area contributed by atoms with Crippen LogP contribution in [-0.4, -0.2) is 19.7 Å². The van der Waals surface area contributed by atoms with Crippen LogP contribution in [0.25, 0.3) is 5.82 Å². The van der Waals surface area contributed by atoms with Crippen LogP contribution >= 0.6 is 0 Å². The molecule has 3 rings (SSSR count). The molecule has 0 amide bonds. The smallest absolute Gasteiger partial charge is 0.155 e. The van der Waals surface area contributed by atoms with Crippen LogP contribution in [0.3, 0.4) is 0 Å². The van der Waals surface area contributed by atoms with E-state index in [-0.39, 0.29) is 5.82 Å². The van der Waals surface area contributed by atoms with Gasteiger partial charge in [-0.1, -0.05) is 12.1 Å². The lowest BCUT2D eigenvalue weighted by molar-refractivity contribution is 0.616. The molecule has 6 heteroatoms. The number of anilines is 1. The minimum atomic E-state index is -0.186. The summed E-state index contributed by atoms with van der Waals surface area (Å²) in [6.07, 6.45) is 4.76. The Morgan fingerprint density at radius 1 is 1.24 bits per heavy atom. The van der Waals surface area contributed by atoms with Gasteiger partial charge in [0, 0.05) is 6.54 Å². The minimum absolute atomic E-state index is 0.186. The lowest BCUT2D eigenvalue weighted by Gasteiger charge is -2.08. The van der Waals surface area contributed by atoms with Crippen LogP contribution in [0.4, 0.5) is 10.1 Å². The van der Waals surface area contributed by atoms with Gasteiger partial charge in [-0.05, 0) is 36.2 Å². The predicted octanol–water partition coefficient (Wildman–Crippen LogP) is 2.72. The number of halogens is 1. The Hall–Kier alpha value is -2.76. The highest BCUT2D eigenvalue weighted by Crippen LogP contribution is 2.13. The molecule has 0 fully saturated rings. The molecular weight excluding hydrogens is 269 g/mol. The van der Waals surface area contributed by atoms with Crippen LogP contribution in [0.1, 0.15) is 11.1 Å². The number of hydrogen-bond acceptors (Lipinski definition) is 4. The van der Waals surface area contributed by atoms with Gasteiger partial charge in [-0.15, -0.1) is 0 Å². The molecule has 0 radical (unpaired) electrons. The fraction of sp³-hybridized carbons (Fsp3) is 0.133. The first-order valence-electron chi connectivity index (χ1n) is 6.52. The third-order valence-corrected chi connectivity index (χ3v) is 3.13. The van der Waals surface area contributed by atoms with Crippen LogP contribution in [0.15, 0.2) is 49.2 Å². The van der Waals surface area contributed by atoms with Crippen molar-refractivity contribution in [1.82, 2.24) is 19.7 Å². The second kappa shape index (κ2) is 5.70. The van der Waals surface area contributed by atoms with E-state index >= 15 is 0 Å². The molecule has 106 valence electrons. The molecule has 2 aromatic heterocycles. The first kappa shape index (κ1) is 13.2.